The van der Waals surface area contributed by atoms with Crippen molar-refractivity contribution in [3.63, 3.8) is 0 Å². The zero-order valence-electron chi connectivity index (χ0n) is 17.4. The van der Waals surface area contributed by atoms with E-state index >= 15 is 0 Å². The Morgan fingerprint density at radius 3 is 2.58 bits per heavy atom. The van der Waals surface area contributed by atoms with Gasteiger partial charge in [-0.15, -0.1) is 0 Å². The third-order valence-electron chi connectivity index (χ3n) is 4.43. The first-order valence-electron chi connectivity index (χ1n) is 10.1. The molecule has 0 spiro atoms. The van der Waals surface area contributed by atoms with E-state index in [1.54, 1.807) is 6.21 Å². The summed E-state index contributed by atoms with van der Waals surface area (Å²) < 4.78 is 12.4. The minimum Gasteiger partial charge on any atom is -0.488 e. The Labute approximate surface area is 191 Å². The van der Waals surface area contributed by atoms with Crippen LogP contribution in [-0.4, -0.2) is 18.7 Å². The topological polar surface area (TPSA) is 59.9 Å². The molecule has 3 rings (SSSR count). The van der Waals surface area contributed by atoms with Crippen molar-refractivity contribution in [1.29, 1.82) is 0 Å². The smallest absolute Gasteiger partial charge is 0.277 e. The highest BCUT2D eigenvalue weighted by atomic mass is 79.9. The van der Waals surface area contributed by atoms with Gasteiger partial charge in [0.05, 0.1) is 6.21 Å². The van der Waals surface area contributed by atoms with Gasteiger partial charge in [-0.25, -0.2) is 5.43 Å². The van der Waals surface area contributed by atoms with Crippen LogP contribution in [0.2, 0.25) is 0 Å². The van der Waals surface area contributed by atoms with Crippen molar-refractivity contribution >= 4 is 28.1 Å². The van der Waals surface area contributed by atoms with E-state index in [2.05, 4.69) is 33.4 Å². The molecule has 3 aromatic carbocycles. The molecule has 0 radical (unpaired) electrons. The van der Waals surface area contributed by atoms with Crippen molar-refractivity contribution in [2.45, 2.75) is 26.4 Å². The lowest BCUT2D eigenvalue weighted by molar-refractivity contribution is -0.123. The van der Waals surface area contributed by atoms with Crippen molar-refractivity contribution in [3.05, 3.63) is 94.0 Å². The van der Waals surface area contributed by atoms with E-state index in [1.165, 1.54) is 5.56 Å². The largest absolute Gasteiger partial charge is 0.488 e. The number of ether oxygens (including phenoxy) is 2. The number of nitrogens with zero attached hydrogens (tertiary/aromatic N) is 1. The molecule has 6 heteroatoms. The molecule has 5 nitrogen and oxygen atoms in total. The second-order valence-electron chi connectivity index (χ2n) is 6.93. The Balaban J connectivity index is 1.49. The van der Waals surface area contributed by atoms with E-state index in [0.29, 0.717) is 18.1 Å². The van der Waals surface area contributed by atoms with Crippen LogP contribution in [0.3, 0.4) is 0 Å². The molecule has 0 bridgehead atoms. The summed E-state index contributed by atoms with van der Waals surface area (Å²) >= 11 is 3.46. The van der Waals surface area contributed by atoms with Gasteiger partial charge in [-0.1, -0.05) is 65.7 Å². The molecule has 0 atom stereocenters. The lowest BCUT2D eigenvalue weighted by Crippen LogP contribution is -2.24. The van der Waals surface area contributed by atoms with E-state index in [9.17, 15) is 4.79 Å². The number of para-hydroxylation sites is 1. The van der Waals surface area contributed by atoms with Crippen molar-refractivity contribution in [1.82, 2.24) is 5.43 Å². The molecule has 1 N–H and O–H groups in total. The van der Waals surface area contributed by atoms with Crippen LogP contribution in [0, 0.1) is 0 Å². The first kappa shape index (κ1) is 22.6. The predicted octanol–water partition coefficient (Wildman–Crippen LogP) is 5.51. The number of nitrogens with one attached hydrogen (secondary N) is 1. The number of carbonyl (C=O) groups is 1. The Kier molecular flexibility index (Phi) is 8.67. The molecule has 0 aromatic heterocycles. The first-order chi connectivity index (χ1) is 15.1. The summed E-state index contributed by atoms with van der Waals surface area (Å²) in [5, 5.41) is 4.03. The molecule has 0 aliphatic carbocycles. The van der Waals surface area contributed by atoms with Gasteiger partial charge in [-0.3, -0.25) is 4.79 Å². The van der Waals surface area contributed by atoms with Gasteiger partial charge < -0.3 is 9.47 Å². The maximum absolute atomic E-state index is 12.0. The van der Waals surface area contributed by atoms with Gasteiger partial charge >= 0.3 is 0 Å². The zero-order chi connectivity index (χ0) is 21.9. The highest BCUT2D eigenvalue weighted by Crippen LogP contribution is 2.19. The molecule has 0 unspecified atom stereocenters. The molecule has 0 saturated heterocycles. The van der Waals surface area contributed by atoms with Gasteiger partial charge in [-0.2, -0.15) is 5.10 Å². The highest BCUT2D eigenvalue weighted by molar-refractivity contribution is 9.10. The number of carbonyl (C=O) groups excluding carboxylic acids is 1. The van der Waals surface area contributed by atoms with Gasteiger partial charge in [0.15, 0.2) is 6.61 Å². The maximum Gasteiger partial charge on any atom is 0.277 e. The third-order valence-corrected chi connectivity index (χ3v) is 4.92. The Morgan fingerprint density at radius 2 is 1.81 bits per heavy atom. The highest BCUT2D eigenvalue weighted by Gasteiger charge is 2.04. The molecule has 0 heterocycles. The fraction of sp³-hybridized carbons (Fsp3) is 0.200. The molecule has 1 amide bonds. The minimum atomic E-state index is -0.332. The molecular weight excluding hydrogens is 456 g/mol. The number of aryl methyl sites for hydroxylation is 1. The first-order valence-corrected chi connectivity index (χ1v) is 10.9. The summed E-state index contributed by atoms with van der Waals surface area (Å²) in [6.07, 6.45) is 3.69. The number of rotatable bonds is 10. The van der Waals surface area contributed by atoms with Crippen LogP contribution in [0.5, 0.6) is 11.5 Å². The van der Waals surface area contributed by atoms with E-state index in [-0.39, 0.29) is 12.5 Å². The molecule has 0 saturated carbocycles. The van der Waals surface area contributed by atoms with Crippen LogP contribution in [0.25, 0.3) is 0 Å². The average Bonchev–Trinajstić information content (AvgIpc) is 2.78. The summed E-state index contributed by atoms with van der Waals surface area (Å²) in [7, 11) is 0. The lowest BCUT2D eigenvalue weighted by Gasteiger charge is -2.09. The zero-order valence-corrected chi connectivity index (χ0v) is 19.0. The van der Waals surface area contributed by atoms with E-state index < -0.39 is 0 Å². The van der Waals surface area contributed by atoms with Crippen molar-refractivity contribution in [3.8, 4) is 11.5 Å². The number of halogens is 1. The SMILES string of the molecule is CCCc1ccc(OCC(=O)N/N=C\c2ccccc2OCc2cccc(Br)c2)cc1. The van der Waals surface area contributed by atoms with Gasteiger partial charge in [0, 0.05) is 10.0 Å². The predicted molar refractivity (Wildman–Crippen MR) is 127 cm³/mol. The monoisotopic (exact) mass is 480 g/mol. The number of hydrogen-bond acceptors (Lipinski definition) is 4. The standard InChI is InChI=1S/C25H25BrN2O3/c1-2-6-19-11-13-23(14-12-19)30-18-25(29)28-27-16-21-8-3-4-10-24(21)31-17-20-7-5-9-22(26)15-20/h3-5,7-16H,2,6,17-18H2,1H3,(H,28,29)/b27-16-. The van der Waals surface area contributed by atoms with E-state index in [4.69, 9.17) is 9.47 Å². The quantitative estimate of drug-likeness (QED) is 0.307. The van der Waals surface area contributed by atoms with Crippen molar-refractivity contribution in [2.75, 3.05) is 6.61 Å². The molecular formula is C25H25BrN2O3. The molecule has 160 valence electrons. The Hall–Kier alpha value is -3.12. The number of benzene rings is 3. The molecule has 0 aliphatic heterocycles. The fourth-order valence-electron chi connectivity index (χ4n) is 2.90. The van der Waals surface area contributed by atoms with Crippen LogP contribution in [0.4, 0.5) is 0 Å². The lowest BCUT2D eigenvalue weighted by atomic mass is 10.1. The van der Waals surface area contributed by atoms with Gasteiger partial charge in [0.1, 0.15) is 18.1 Å². The molecule has 0 fully saturated rings. The van der Waals surface area contributed by atoms with Gasteiger partial charge in [-0.05, 0) is 53.9 Å². The fourth-order valence-corrected chi connectivity index (χ4v) is 3.35. The third kappa shape index (κ3) is 7.57. The number of hydrazone groups is 1. The van der Waals surface area contributed by atoms with Gasteiger partial charge in [0.2, 0.25) is 0 Å². The summed E-state index contributed by atoms with van der Waals surface area (Å²) in [4.78, 5) is 12.0. The van der Waals surface area contributed by atoms with Crippen LogP contribution < -0.4 is 14.9 Å². The molecule has 3 aromatic rings. The van der Waals surface area contributed by atoms with Crippen LogP contribution in [-0.2, 0) is 17.8 Å². The van der Waals surface area contributed by atoms with Crippen molar-refractivity contribution < 1.29 is 14.3 Å². The van der Waals surface area contributed by atoms with E-state index in [0.717, 1.165) is 28.4 Å². The van der Waals surface area contributed by atoms with Gasteiger partial charge in [0.25, 0.3) is 5.91 Å². The Morgan fingerprint density at radius 1 is 1.00 bits per heavy atom. The summed E-state index contributed by atoms with van der Waals surface area (Å²) in [5.74, 6) is 1.01. The summed E-state index contributed by atoms with van der Waals surface area (Å²) in [6.45, 7) is 2.47. The van der Waals surface area contributed by atoms with Crippen LogP contribution >= 0.6 is 15.9 Å². The van der Waals surface area contributed by atoms with Crippen molar-refractivity contribution in [2.24, 2.45) is 5.10 Å². The second kappa shape index (κ2) is 11.9. The van der Waals surface area contributed by atoms with E-state index in [1.807, 2.05) is 72.8 Å². The Bertz CT molecular complexity index is 1020. The second-order valence-corrected chi connectivity index (χ2v) is 7.85. The minimum absolute atomic E-state index is 0.106. The number of hydrogen-bond donors (Lipinski definition) is 1. The normalized spacial score (nSPS) is 10.8. The van der Waals surface area contributed by atoms with Crippen LogP contribution in [0.15, 0.2) is 82.4 Å². The summed E-state index contributed by atoms with van der Waals surface area (Å²) in [5.41, 5.74) is 5.56. The molecule has 31 heavy (non-hydrogen) atoms. The summed E-state index contributed by atoms with van der Waals surface area (Å²) in [6, 6.07) is 23.2. The molecule has 0 aliphatic rings. The number of amides is 1. The average molecular weight is 481 g/mol. The maximum atomic E-state index is 12.0. The van der Waals surface area contributed by atoms with Crippen LogP contribution in [0.1, 0.15) is 30.0 Å².